The second-order valence-electron chi connectivity index (χ2n) is 5.88. The molecule has 2 rings (SSSR count). The lowest BCUT2D eigenvalue weighted by Gasteiger charge is -2.11. The number of unbranched alkanes of at least 4 members (excludes halogenated alkanes) is 5. The molecular formula is C19H25NO3S2. The second kappa shape index (κ2) is 10.5. The molecule has 0 aliphatic carbocycles. The molecule has 0 radical (unpaired) electrons. The van der Waals surface area contributed by atoms with Crippen molar-refractivity contribution in [3.05, 3.63) is 28.7 Å². The highest BCUT2D eigenvalue weighted by Gasteiger charge is 2.22. The molecule has 1 saturated heterocycles. The highest BCUT2D eigenvalue weighted by Crippen LogP contribution is 2.31. The predicted molar refractivity (Wildman–Crippen MR) is 108 cm³/mol. The van der Waals surface area contributed by atoms with Gasteiger partial charge < -0.3 is 14.8 Å². The van der Waals surface area contributed by atoms with Crippen molar-refractivity contribution in [3.8, 4) is 11.5 Å². The van der Waals surface area contributed by atoms with Gasteiger partial charge in [0.25, 0.3) is 5.91 Å². The van der Waals surface area contributed by atoms with E-state index < -0.39 is 0 Å². The summed E-state index contributed by atoms with van der Waals surface area (Å²) in [5.41, 5.74) is 0.881. The van der Waals surface area contributed by atoms with Crippen molar-refractivity contribution < 1.29 is 14.3 Å². The molecule has 0 spiro atoms. The van der Waals surface area contributed by atoms with E-state index in [1.54, 1.807) is 13.2 Å². The molecule has 6 heteroatoms. The topological polar surface area (TPSA) is 47.6 Å². The number of hydrogen-bond donors (Lipinski definition) is 1. The van der Waals surface area contributed by atoms with E-state index in [1.807, 2.05) is 18.2 Å². The third-order valence-electron chi connectivity index (χ3n) is 3.88. The smallest absolute Gasteiger partial charge is 0.263 e. The normalized spacial score (nSPS) is 15.5. The van der Waals surface area contributed by atoms with E-state index in [0.29, 0.717) is 21.6 Å². The molecule has 0 aromatic heterocycles. The van der Waals surface area contributed by atoms with E-state index >= 15 is 0 Å². The zero-order chi connectivity index (χ0) is 18.1. The number of rotatable bonds is 10. The van der Waals surface area contributed by atoms with Gasteiger partial charge in [-0.2, -0.15) is 0 Å². The van der Waals surface area contributed by atoms with Gasteiger partial charge in [-0.3, -0.25) is 4.79 Å². The first kappa shape index (κ1) is 19.8. The molecule has 4 nitrogen and oxygen atoms in total. The maximum absolute atomic E-state index is 11.7. The maximum atomic E-state index is 11.7. The predicted octanol–water partition coefficient (Wildman–Crippen LogP) is 4.92. The van der Waals surface area contributed by atoms with Gasteiger partial charge in [-0.05, 0) is 30.2 Å². The lowest BCUT2D eigenvalue weighted by atomic mass is 10.1. The molecule has 25 heavy (non-hydrogen) atoms. The van der Waals surface area contributed by atoms with E-state index in [9.17, 15) is 4.79 Å². The number of thiocarbonyl (C=S) groups is 1. The van der Waals surface area contributed by atoms with Crippen LogP contribution in [0.4, 0.5) is 0 Å². The van der Waals surface area contributed by atoms with Crippen LogP contribution in [0.2, 0.25) is 0 Å². The summed E-state index contributed by atoms with van der Waals surface area (Å²) in [5, 5.41) is 2.61. The third kappa shape index (κ3) is 6.36. The fraction of sp³-hybridized carbons (Fsp3) is 0.474. The molecule has 1 amide bonds. The second-order valence-corrected chi connectivity index (χ2v) is 7.60. The highest BCUT2D eigenvalue weighted by molar-refractivity contribution is 8.26. The molecule has 1 aliphatic rings. The first-order valence-electron chi connectivity index (χ1n) is 8.69. The van der Waals surface area contributed by atoms with Crippen LogP contribution in [0.15, 0.2) is 23.1 Å². The van der Waals surface area contributed by atoms with Gasteiger partial charge in [-0.1, -0.05) is 69.1 Å². The van der Waals surface area contributed by atoms with Gasteiger partial charge in [0.2, 0.25) is 0 Å². The Balaban J connectivity index is 1.90. The number of amides is 1. The summed E-state index contributed by atoms with van der Waals surface area (Å²) in [6.07, 6.45) is 9.19. The third-order valence-corrected chi connectivity index (χ3v) is 5.05. The van der Waals surface area contributed by atoms with E-state index in [1.165, 1.54) is 43.9 Å². The maximum Gasteiger partial charge on any atom is 0.263 e. The number of benzene rings is 1. The van der Waals surface area contributed by atoms with E-state index in [-0.39, 0.29) is 5.91 Å². The molecule has 136 valence electrons. The minimum atomic E-state index is -0.155. The summed E-state index contributed by atoms with van der Waals surface area (Å²) >= 11 is 6.27. The minimum absolute atomic E-state index is 0.155. The highest BCUT2D eigenvalue weighted by atomic mass is 32.2. The summed E-state index contributed by atoms with van der Waals surface area (Å²) in [5.74, 6) is 1.25. The molecule has 1 aliphatic heterocycles. The Kier molecular flexibility index (Phi) is 8.28. The van der Waals surface area contributed by atoms with Crippen LogP contribution < -0.4 is 14.8 Å². The zero-order valence-electron chi connectivity index (χ0n) is 14.8. The number of methoxy groups -OCH3 is 1. The molecule has 1 aromatic carbocycles. The Morgan fingerprint density at radius 1 is 1.16 bits per heavy atom. The van der Waals surface area contributed by atoms with E-state index in [0.717, 1.165) is 17.7 Å². The van der Waals surface area contributed by atoms with Crippen LogP contribution >= 0.6 is 24.0 Å². The molecule has 0 saturated carbocycles. The van der Waals surface area contributed by atoms with Gasteiger partial charge in [0, 0.05) is 0 Å². The summed E-state index contributed by atoms with van der Waals surface area (Å²) in [6.45, 7) is 2.91. The molecule has 0 atom stereocenters. The van der Waals surface area contributed by atoms with Crippen LogP contribution in [-0.2, 0) is 4.79 Å². The Morgan fingerprint density at radius 3 is 2.60 bits per heavy atom. The average Bonchev–Trinajstić information content (AvgIpc) is 2.92. The van der Waals surface area contributed by atoms with Crippen molar-refractivity contribution in [1.82, 2.24) is 5.32 Å². The molecule has 0 bridgehead atoms. The van der Waals surface area contributed by atoms with Crippen molar-refractivity contribution in [2.24, 2.45) is 0 Å². The number of hydrogen-bond acceptors (Lipinski definition) is 5. The Labute approximate surface area is 159 Å². The first-order chi connectivity index (χ1) is 12.1. The molecule has 1 fully saturated rings. The Hall–Kier alpha value is -1.53. The molecular weight excluding hydrogens is 354 g/mol. The first-order valence-corrected chi connectivity index (χ1v) is 9.92. The van der Waals surface area contributed by atoms with Crippen LogP contribution in [0.5, 0.6) is 11.5 Å². The quantitative estimate of drug-likeness (QED) is 0.355. The van der Waals surface area contributed by atoms with Gasteiger partial charge in [-0.25, -0.2) is 0 Å². The summed E-state index contributed by atoms with van der Waals surface area (Å²) in [4.78, 5) is 12.3. The van der Waals surface area contributed by atoms with Gasteiger partial charge in [0.15, 0.2) is 11.5 Å². The summed E-state index contributed by atoms with van der Waals surface area (Å²) in [7, 11) is 1.62. The summed E-state index contributed by atoms with van der Waals surface area (Å²) in [6, 6.07) is 5.68. The molecule has 1 aromatic rings. The van der Waals surface area contributed by atoms with Crippen LogP contribution in [0.1, 0.15) is 51.0 Å². The van der Waals surface area contributed by atoms with Crippen molar-refractivity contribution in [2.45, 2.75) is 45.4 Å². The average molecular weight is 380 g/mol. The van der Waals surface area contributed by atoms with Crippen LogP contribution in [-0.4, -0.2) is 23.9 Å². The Morgan fingerprint density at radius 2 is 1.92 bits per heavy atom. The standard InChI is InChI=1S/C19H25NO3S2/c1-3-4-5-6-7-8-11-23-15-10-9-14(12-16(15)22-2)13-17-18(21)20-19(24)25-17/h9-10,12-13H,3-8,11H2,1-2H3,(H,20,21,24)/b17-13+. The monoisotopic (exact) mass is 379 g/mol. The minimum Gasteiger partial charge on any atom is -0.493 e. The molecule has 1 heterocycles. The molecule has 1 N–H and O–H groups in total. The number of carbonyl (C=O) groups excluding carboxylic acids is 1. The number of carbonyl (C=O) groups is 1. The van der Waals surface area contributed by atoms with Crippen molar-refractivity contribution in [1.29, 1.82) is 0 Å². The van der Waals surface area contributed by atoms with Crippen molar-refractivity contribution in [3.63, 3.8) is 0 Å². The lowest BCUT2D eigenvalue weighted by molar-refractivity contribution is -0.115. The van der Waals surface area contributed by atoms with Gasteiger partial charge in [0.1, 0.15) is 4.32 Å². The van der Waals surface area contributed by atoms with Crippen molar-refractivity contribution >= 4 is 40.3 Å². The zero-order valence-corrected chi connectivity index (χ0v) is 16.4. The SMILES string of the molecule is CCCCCCCCOc1ccc(/C=C2/SC(=S)NC2=O)cc1OC. The number of thioether (sulfide) groups is 1. The fourth-order valence-electron chi connectivity index (χ4n) is 2.53. The summed E-state index contributed by atoms with van der Waals surface area (Å²) < 4.78 is 11.8. The van der Waals surface area contributed by atoms with Gasteiger partial charge in [0.05, 0.1) is 18.6 Å². The van der Waals surface area contributed by atoms with E-state index in [2.05, 4.69) is 12.2 Å². The van der Waals surface area contributed by atoms with Gasteiger partial charge >= 0.3 is 0 Å². The lowest BCUT2D eigenvalue weighted by Crippen LogP contribution is -2.17. The van der Waals surface area contributed by atoms with E-state index in [4.69, 9.17) is 21.7 Å². The van der Waals surface area contributed by atoms with Crippen LogP contribution in [0.3, 0.4) is 0 Å². The van der Waals surface area contributed by atoms with Gasteiger partial charge in [-0.15, -0.1) is 0 Å². The van der Waals surface area contributed by atoms with Crippen LogP contribution in [0.25, 0.3) is 6.08 Å². The number of nitrogens with one attached hydrogen (secondary N) is 1. The Bertz CT molecular complexity index is 644. The van der Waals surface area contributed by atoms with Crippen molar-refractivity contribution in [2.75, 3.05) is 13.7 Å². The van der Waals surface area contributed by atoms with Crippen LogP contribution in [0, 0.1) is 0 Å². The number of ether oxygens (including phenoxy) is 2. The fourth-order valence-corrected chi connectivity index (χ4v) is 3.57. The largest absolute Gasteiger partial charge is 0.493 e. The molecule has 0 unspecified atom stereocenters.